The van der Waals surface area contributed by atoms with Crippen LogP contribution in [-0.4, -0.2) is 19.2 Å². The number of fused-ring (bicyclic) bond motifs is 1. The van der Waals surface area contributed by atoms with Gasteiger partial charge in [0.1, 0.15) is 11.5 Å². The molecule has 23 heavy (non-hydrogen) atoms. The Balaban J connectivity index is 1.83. The van der Waals surface area contributed by atoms with Crippen molar-refractivity contribution in [3.63, 3.8) is 0 Å². The van der Waals surface area contributed by atoms with Crippen LogP contribution < -0.4 is 14.2 Å². The molecule has 0 unspecified atom stereocenters. The van der Waals surface area contributed by atoms with E-state index in [1.165, 1.54) is 11.9 Å². The number of nitrogens with one attached hydrogen (secondary N) is 1. The number of pyridine rings is 1. The van der Waals surface area contributed by atoms with Gasteiger partial charge in [0.15, 0.2) is 0 Å². The van der Waals surface area contributed by atoms with Crippen molar-refractivity contribution in [2.45, 2.75) is 4.90 Å². The lowest BCUT2D eigenvalue weighted by Gasteiger charge is -2.10. The summed E-state index contributed by atoms with van der Waals surface area (Å²) >= 11 is 4.96. The highest BCUT2D eigenvalue weighted by atomic mass is 79.9. The molecule has 1 heterocycles. The first-order chi connectivity index (χ1) is 11.2. The number of aromatic nitrogens is 1. The lowest BCUT2D eigenvalue weighted by Crippen LogP contribution is -1.92. The Kier molecular flexibility index (Phi) is 4.93. The van der Waals surface area contributed by atoms with Crippen LogP contribution in [0.3, 0.4) is 0 Å². The molecule has 0 saturated heterocycles. The molecule has 118 valence electrons. The maximum atomic E-state index is 5.38. The fraction of sp³-hybridized carbons (Fsp3) is 0.118. The average Bonchev–Trinajstić information content (AvgIpc) is 2.59. The molecular weight excluding hydrogens is 376 g/mol. The monoisotopic (exact) mass is 390 g/mol. The van der Waals surface area contributed by atoms with Crippen molar-refractivity contribution < 1.29 is 9.47 Å². The number of halogens is 1. The molecule has 0 amide bonds. The van der Waals surface area contributed by atoms with E-state index >= 15 is 0 Å². The maximum absolute atomic E-state index is 5.38. The summed E-state index contributed by atoms with van der Waals surface area (Å²) in [6, 6.07) is 13.8. The Morgan fingerprint density at radius 1 is 1.04 bits per heavy atom. The van der Waals surface area contributed by atoms with Crippen LogP contribution in [0.15, 0.2) is 58.0 Å². The number of ether oxygens (including phenoxy) is 2. The topological polar surface area (TPSA) is 43.4 Å². The summed E-state index contributed by atoms with van der Waals surface area (Å²) in [5, 5.41) is 1.02. The smallest absolute Gasteiger partial charge is 0.134 e. The van der Waals surface area contributed by atoms with E-state index in [4.69, 9.17) is 9.47 Å². The molecule has 3 rings (SSSR count). The summed E-state index contributed by atoms with van der Waals surface area (Å²) in [5.41, 5.74) is 1.85. The van der Waals surface area contributed by atoms with Crippen LogP contribution in [0, 0.1) is 0 Å². The van der Waals surface area contributed by atoms with Gasteiger partial charge in [0, 0.05) is 9.86 Å². The van der Waals surface area contributed by atoms with Crippen molar-refractivity contribution >= 4 is 44.5 Å². The van der Waals surface area contributed by atoms with Crippen LogP contribution in [0.4, 0.5) is 5.69 Å². The molecule has 6 heteroatoms. The van der Waals surface area contributed by atoms with Crippen molar-refractivity contribution in [2.24, 2.45) is 0 Å². The second-order valence-electron chi connectivity index (χ2n) is 4.78. The first kappa shape index (κ1) is 16.0. The molecule has 2 aromatic carbocycles. The van der Waals surface area contributed by atoms with E-state index in [-0.39, 0.29) is 0 Å². The van der Waals surface area contributed by atoms with Gasteiger partial charge in [-0.15, -0.1) is 0 Å². The largest absolute Gasteiger partial charge is 0.497 e. The molecule has 1 aromatic heterocycles. The van der Waals surface area contributed by atoms with E-state index in [1.807, 2.05) is 48.7 Å². The second-order valence-corrected chi connectivity index (χ2v) is 6.55. The standard InChI is InChI=1S/C17H15BrN2O2S/c1-21-14-4-5-15-11(8-14)7-13(10-19-15)20-23-17-9-12(18)3-6-16(17)22-2/h3-10,20H,1-2H3. The third-order valence-corrected chi connectivity index (χ3v) is 4.66. The van der Waals surface area contributed by atoms with Gasteiger partial charge in [-0.05, 0) is 54.4 Å². The Morgan fingerprint density at radius 3 is 2.70 bits per heavy atom. The molecule has 4 nitrogen and oxygen atoms in total. The molecule has 0 aliphatic carbocycles. The number of methoxy groups -OCH3 is 2. The first-order valence-electron chi connectivity index (χ1n) is 6.90. The number of hydrogen-bond acceptors (Lipinski definition) is 5. The average molecular weight is 391 g/mol. The lowest BCUT2D eigenvalue weighted by atomic mass is 10.2. The number of hydrogen-bond donors (Lipinski definition) is 1. The summed E-state index contributed by atoms with van der Waals surface area (Å²) in [5.74, 6) is 1.64. The molecular formula is C17H15BrN2O2S. The normalized spacial score (nSPS) is 10.6. The summed E-state index contributed by atoms with van der Waals surface area (Å²) in [7, 11) is 3.32. The van der Waals surface area contributed by atoms with E-state index in [9.17, 15) is 0 Å². The van der Waals surface area contributed by atoms with Crippen molar-refractivity contribution in [3.8, 4) is 11.5 Å². The minimum atomic E-state index is 0.817. The summed E-state index contributed by atoms with van der Waals surface area (Å²) in [6.45, 7) is 0. The van der Waals surface area contributed by atoms with Crippen molar-refractivity contribution in [2.75, 3.05) is 18.9 Å². The number of nitrogens with zero attached hydrogens (tertiary/aromatic N) is 1. The fourth-order valence-corrected chi connectivity index (χ4v) is 3.43. The Labute approximate surface area is 147 Å². The van der Waals surface area contributed by atoms with Crippen LogP contribution in [0.1, 0.15) is 0 Å². The zero-order valence-electron chi connectivity index (χ0n) is 12.7. The van der Waals surface area contributed by atoms with Gasteiger partial charge in [-0.1, -0.05) is 15.9 Å². The molecule has 0 atom stereocenters. The van der Waals surface area contributed by atoms with Crippen LogP contribution >= 0.6 is 27.9 Å². The number of anilines is 1. The third kappa shape index (κ3) is 3.71. The van der Waals surface area contributed by atoms with Gasteiger partial charge in [0.25, 0.3) is 0 Å². The van der Waals surface area contributed by atoms with E-state index in [1.54, 1.807) is 14.2 Å². The van der Waals surface area contributed by atoms with Gasteiger partial charge in [0.2, 0.25) is 0 Å². The lowest BCUT2D eigenvalue weighted by molar-refractivity contribution is 0.405. The van der Waals surface area contributed by atoms with Crippen LogP contribution in [-0.2, 0) is 0 Å². The molecule has 1 N–H and O–H groups in total. The fourth-order valence-electron chi connectivity index (χ4n) is 2.14. The minimum Gasteiger partial charge on any atom is -0.497 e. The first-order valence-corrected chi connectivity index (χ1v) is 8.51. The predicted molar refractivity (Wildman–Crippen MR) is 98.5 cm³/mol. The Bertz CT molecular complexity index is 842. The van der Waals surface area contributed by atoms with Crippen LogP contribution in [0.5, 0.6) is 11.5 Å². The van der Waals surface area contributed by atoms with Gasteiger partial charge < -0.3 is 14.2 Å². The maximum Gasteiger partial charge on any atom is 0.134 e. The number of benzene rings is 2. The van der Waals surface area contributed by atoms with Gasteiger partial charge in [-0.25, -0.2) is 0 Å². The molecule has 0 fully saturated rings. The molecule has 0 spiro atoms. The Morgan fingerprint density at radius 2 is 1.91 bits per heavy atom. The van der Waals surface area contributed by atoms with E-state index in [0.29, 0.717) is 0 Å². The predicted octanol–water partition coefficient (Wildman–Crippen LogP) is 5.13. The quantitative estimate of drug-likeness (QED) is 0.611. The summed E-state index contributed by atoms with van der Waals surface area (Å²) in [4.78, 5) is 5.45. The molecule has 0 bridgehead atoms. The van der Waals surface area contributed by atoms with Crippen molar-refractivity contribution in [1.82, 2.24) is 4.98 Å². The minimum absolute atomic E-state index is 0.817. The van der Waals surface area contributed by atoms with Gasteiger partial charge in [-0.2, -0.15) is 0 Å². The van der Waals surface area contributed by atoms with Crippen LogP contribution in [0.25, 0.3) is 10.9 Å². The highest BCUT2D eigenvalue weighted by Crippen LogP contribution is 2.33. The zero-order chi connectivity index (χ0) is 16.2. The zero-order valence-corrected chi connectivity index (χ0v) is 15.1. The van der Waals surface area contributed by atoms with Gasteiger partial charge in [0.05, 0.1) is 36.5 Å². The van der Waals surface area contributed by atoms with Crippen molar-refractivity contribution in [1.29, 1.82) is 0 Å². The molecule has 0 aliphatic rings. The highest BCUT2D eigenvalue weighted by Gasteiger charge is 2.06. The number of rotatable bonds is 5. The molecule has 0 aliphatic heterocycles. The van der Waals surface area contributed by atoms with Gasteiger partial charge in [-0.3, -0.25) is 4.98 Å². The van der Waals surface area contributed by atoms with E-state index in [2.05, 4.69) is 25.6 Å². The SMILES string of the molecule is COc1ccc2ncc(NSc3cc(Br)ccc3OC)cc2c1. The second kappa shape index (κ2) is 7.10. The summed E-state index contributed by atoms with van der Waals surface area (Å²) < 4.78 is 14.9. The van der Waals surface area contributed by atoms with Crippen LogP contribution in [0.2, 0.25) is 0 Å². The van der Waals surface area contributed by atoms with Crippen molar-refractivity contribution in [3.05, 3.63) is 53.1 Å². The van der Waals surface area contributed by atoms with Gasteiger partial charge >= 0.3 is 0 Å². The summed E-state index contributed by atoms with van der Waals surface area (Å²) in [6.07, 6.45) is 1.81. The molecule has 3 aromatic rings. The highest BCUT2D eigenvalue weighted by molar-refractivity contribution is 9.10. The Hall–Kier alpha value is -1.92. The van der Waals surface area contributed by atoms with E-state index < -0.39 is 0 Å². The molecule has 0 radical (unpaired) electrons. The molecule has 0 saturated carbocycles. The third-order valence-electron chi connectivity index (χ3n) is 3.29. The van der Waals surface area contributed by atoms with E-state index in [0.717, 1.165) is 37.5 Å².